The molecule has 40 heavy (non-hydrogen) atoms. The molecule has 0 saturated carbocycles. The third kappa shape index (κ3) is 6.90. The van der Waals surface area contributed by atoms with Crippen molar-refractivity contribution in [1.82, 2.24) is 9.21 Å². The first-order chi connectivity index (χ1) is 19.0. The van der Waals surface area contributed by atoms with Gasteiger partial charge in [-0.25, -0.2) is 17.5 Å². The second kappa shape index (κ2) is 12.2. The van der Waals surface area contributed by atoms with Gasteiger partial charge in [-0.3, -0.25) is 4.79 Å². The number of fused-ring (bicyclic) bond motifs is 2. The maximum atomic E-state index is 13.4. The summed E-state index contributed by atoms with van der Waals surface area (Å²) in [6.45, 7) is 3.81. The van der Waals surface area contributed by atoms with Crippen molar-refractivity contribution >= 4 is 44.1 Å². The second-order valence-electron chi connectivity index (χ2n) is 10.4. The number of hydrogen-bond acceptors (Lipinski definition) is 6. The monoisotopic (exact) mass is 568 g/mol. The van der Waals surface area contributed by atoms with E-state index in [-0.39, 0.29) is 37.9 Å². The first kappa shape index (κ1) is 29.3. The molecule has 0 unspecified atom stereocenters. The van der Waals surface area contributed by atoms with Crippen LogP contribution in [0.15, 0.2) is 60.7 Å². The summed E-state index contributed by atoms with van der Waals surface area (Å²) in [4.78, 5) is 27.9. The first-order valence-corrected chi connectivity index (χ1v) is 15.0. The van der Waals surface area contributed by atoms with Gasteiger partial charge in [-0.1, -0.05) is 43.3 Å². The number of carbonyl (C=O) groups excluding carboxylic acids is 2. The topological polar surface area (TPSA) is 128 Å². The summed E-state index contributed by atoms with van der Waals surface area (Å²) in [6, 6.07) is 17.6. The summed E-state index contributed by atoms with van der Waals surface area (Å²) < 4.78 is 31.8. The van der Waals surface area contributed by atoms with Crippen LogP contribution in [0.5, 0.6) is 5.75 Å². The number of likely N-dealkylation sites (N-methyl/N-ethyl adjacent to an activating group) is 1. The van der Waals surface area contributed by atoms with Gasteiger partial charge in [0.2, 0.25) is 15.9 Å². The summed E-state index contributed by atoms with van der Waals surface area (Å²) in [5.74, 6) is -0.00397. The van der Waals surface area contributed by atoms with Gasteiger partial charge in [0.1, 0.15) is 11.9 Å². The van der Waals surface area contributed by atoms with Crippen LogP contribution in [-0.2, 0) is 21.2 Å². The average molecular weight is 569 g/mol. The zero-order valence-corrected chi connectivity index (χ0v) is 23.9. The van der Waals surface area contributed by atoms with Crippen molar-refractivity contribution < 1.29 is 27.9 Å². The molecule has 3 atom stereocenters. The molecule has 1 aliphatic rings. The van der Waals surface area contributed by atoms with E-state index >= 15 is 0 Å². The maximum Gasteiger partial charge on any atom is 0.323 e. The van der Waals surface area contributed by atoms with E-state index in [1.165, 1.54) is 11.4 Å². The maximum absolute atomic E-state index is 13.4. The number of hydrogen-bond donors (Lipinski definition) is 3. The lowest BCUT2D eigenvalue weighted by Gasteiger charge is -2.33. The number of aliphatic hydroxyl groups is 1. The summed E-state index contributed by atoms with van der Waals surface area (Å²) in [7, 11) is -1.97. The summed E-state index contributed by atoms with van der Waals surface area (Å²) >= 11 is 0. The van der Waals surface area contributed by atoms with Crippen molar-refractivity contribution in [2.45, 2.75) is 32.4 Å². The number of ether oxygens (including phenoxy) is 1. The van der Waals surface area contributed by atoms with Crippen molar-refractivity contribution in [3.05, 3.63) is 66.2 Å². The lowest BCUT2D eigenvalue weighted by atomic mass is 10.0. The number of rotatable bonds is 7. The molecule has 3 aromatic rings. The molecule has 1 heterocycles. The van der Waals surface area contributed by atoms with Gasteiger partial charge in [-0.05, 0) is 36.6 Å². The Hall–Kier alpha value is -3.67. The standard InChI is InChI=1S/C29H36N4O6S/c1-19-16-33(20(2)18-34)28(35)15-22-14-23(12-13-26(22)39-27(19)17-32(3)40(4,37)38)30-29(36)31-25-11-7-9-21-8-5-6-10-24(21)25/h5-14,19-20,27,34H,15-18H2,1-4H3,(H2,30,31,36)/t19-,20-,27+/m0/s1. The predicted molar refractivity (Wildman–Crippen MR) is 156 cm³/mol. The van der Waals surface area contributed by atoms with Crippen LogP contribution in [-0.4, -0.2) is 79.8 Å². The summed E-state index contributed by atoms with van der Waals surface area (Å²) in [6.07, 6.45) is 0.555. The fourth-order valence-electron chi connectivity index (χ4n) is 4.73. The molecule has 0 bridgehead atoms. The third-order valence-electron chi connectivity index (χ3n) is 7.22. The molecule has 1 aliphatic heterocycles. The van der Waals surface area contributed by atoms with Gasteiger partial charge in [0.25, 0.3) is 0 Å². The number of benzene rings is 3. The highest BCUT2D eigenvalue weighted by Crippen LogP contribution is 2.30. The number of anilines is 2. The fourth-order valence-corrected chi connectivity index (χ4v) is 5.15. The van der Waals surface area contributed by atoms with Gasteiger partial charge in [0.15, 0.2) is 0 Å². The largest absolute Gasteiger partial charge is 0.488 e. The van der Waals surface area contributed by atoms with Crippen LogP contribution in [0.25, 0.3) is 10.8 Å². The van der Waals surface area contributed by atoms with Gasteiger partial charge in [0.05, 0.1) is 37.6 Å². The quantitative estimate of drug-likeness (QED) is 0.400. The Morgan fingerprint density at radius 3 is 2.60 bits per heavy atom. The molecular weight excluding hydrogens is 532 g/mol. The van der Waals surface area contributed by atoms with Crippen LogP contribution in [0.3, 0.4) is 0 Å². The molecule has 0 fully saturated rings. The molecule has 0 saturated heterocycles. The smallest absolute Gasteiger partial charge is 0.323 e. The van der Waals surface area contributed by atoms with Gasteiger partial charge in [0, 0.05) is 36.1 Å². The molecule has 0 aliphatic carbocycles. The highest BCUT2D eigenvalue weighted by Gasteiger charge is 2.32. The molecule has 4 rings (SSSR count). The van der Waals surface area contributed by atoms with E-state index in [0.29, 0.717) is 22.7 Å². The Kier molecular flexibility index (Phi) is 8.97. The fraction of sp³-hybridized carbons (Fsp3) is 0.379. The highest BCUT2D eigenvalue weighted by atomic mass is 32.2. The zero-order chi connectivity index (χ0) is 29.0. The Balaban J connectivity index is 1.61. The van der Waals surface area contributed by atoms with Crippen molar-refractivity contribution in [3.8, 4) is 5.75 Å². The average Bonchev–Trinajstić information content (AvgIpc) is 2.95. The zero-order valence-electron chi connectivity index (χ0n) is 23.1. The normalized spacial score (nSPS) is 18.8. The molecule has 0 spiro atoms. The molecule has 3 amide bonds. The molecule has 214 valence electrons. The number of amides is 3. The van der Waals surface area contributed by atoms with E-state index in [1.54, 1.807) is 30.0 Å². The predicted octanol–water partition coefficient (Wildman–Crippen LogP) is 3.52. The minimum absolute atomic E-state index is 0.0124. The van der Waals surface area contributed by atoms with Gasteiger partial charge in [-0.15, -0.1) is 0 Å². The lowest BCUT2D eigenvalue weighted by molar-refractivity contribution is -0.134. The minimum atomic E-state index is -3.46. The molecule has 3 N–H and O–H groups in total. The SMILES string of the molecule is C[C@H]1CN([C@@H](C)CO)C(=O)Cc2cc(NC(=O)Nc3cccc4ccccc34)ccc2O[C@@H]1CN(C)S(C)(=O)=O. The van der Waals surface area contributed by atoms with Crippen molar-refractivity contribution in [3.63, 3.8) is 0 Å². The van der Waals surface area contributed by atoms with Crippen molar-refractivity contribution in [2.75, 3.05) is 43.6 Å². The van der Waals surface area contributed by atoms with Crippen LogP contribution in [0.2, 0.25) is 0 Å². The number of carbonyl (C=O) groups is 2. The molecule has 3 aromatic carbocycles. The summed E-state index contributed by atoms with van der Waals surface area (Å²) in [5.41, 5.74) is 1.67. The number of nitrogens with one attached hydrogen (secondary N) is 2. The van der Waals surface area contributed by atoms with Crippen LogP contribution < -0.4 is 15.4 Å². The van der Waals surface area contributed by atoms with Gasteiger partial charge < -0.3 is 25.4 Å². The van der Waals surface area contributed by atoms with E-state index in [2.05, 4.69) is 10.6 Å². The van der Waals surface area contributed by atoms with E-state index in [4.69, 9.17) is 4.74 Å². The molecule has 11 heteroatoms. The van der Waals surface area contributed by atoms with Gasteiger partial charge in [-0.2, -0.15) is 0 Å². The van der Waals surface area contributed by atoms with E-state index in [0.717, 1.165) is 17.0 Å². The second-order valence-corrected chi connectivity index (χ2v) is 12.4. The van der Waals surface area contributed by atoms with Crippen LogP contribution in [0.1, 0.15) is 19.4 Å². The Bertz CT molecular complexity index is 1490. The summed E-state index contributed by atoms with van der Waals surface area (Å²) in [5, 5.41) is 17.4. The van der Waals surface area contributed by atoms with E-state index in [1.807, 2.05) is 49.4 Å². The molecular formula is C29H36N4O6S. The minimum Gasteiger partial charge on any atom is -0.488 e. The highest BCUT2D eigenvalue weighted by molar-refractivity contribution is 7.88. The lowest BCUT2D eigenvalue weighted by Crippen LogP contribution is -2.48. The Morgan fingerprint density at radius 2 is 1.88 bits per heavy atom. The Morgan fingerprint density at radius 1 is 1.15 bits per heavy atom. The van der Waals surface area contributed by atoms with Gasteiger partial charge >= 0.3 is 6.03 Å². The van der Waals surface area contributed by atoms with Crippen molar-refractivity contribution in [1.29, 1.82) is 0 Å². The Labute approximate surface area is 235 Å². The number of nitrogens with zero attached hydrogens (tertiary/aromatic N) is 2. The van der Waals surface area contributed by atoms with E-state index in [9.17, 15) is 23.1 Å². The van der Waals surface area contributed by atoms with Crippen LogP contribution >= 0.6 is 0 Å². The molecule has 10 nitrogen and oxygen atoms in total. The molecule has 0 aromatic heterocycles. The number of sulfonamides is 1. The number of urea groups is 1. The van der Waals surface area contributed by atoms with Crippen molar-refractivity contribution in [2.24, 2.45) is 5.92 Å². The first-order valence-electron chi connectivity index (χ1n) is 13.1. The van der Waals surface area contributed by atoms with Crippen LogP contribution in [0, 0.1) is 5.92 Å². The third-order valence-corrected chi connectivity index (χ3v) is 8.50. The molecule has 0 radical (unpaired) electrons. The number of aliphatic hydroxyl groups excluding tert-OH is 1. The van der Waals surface area contributed by atoms with Crippen LogP contribution in [0.4, 0.5) is 16.2 Å². The van der Waals surface area contributed by atoms with E-state index < -0.39 is 28.2 Å².